The van der Waals surface area contributed by atoms with E-state index in [1.54, 1.807) is 6.20 Å². The lowest BCUT2D eigenvalue weighted by Crippen LogP contribution is -2.32. The zero-order chi connectivity index (χ0) is 18.6. The molecule has 1 aliphatic rings. The van der Waals surface area contributed by atoms with Crippen LogP contribution < -0.4 is 15.5 Å². The molecule has 2 aromatic carbocycles. The Bertz CT molecular complexity index is 958. The molecule has 2 N–H and O–H groups in total. The number of para-hydroxylation sites is 1. The molecule has 27 heavy (non-hydrogen) atoms. The van der Waals surface area contributed by atoms with Crippen molar-refractivity contribution in [2.75, 3.05) is 22.1 Å². The minimum absolute atomic E-state index is 0.237. The lowest BCUT2D eigenvalue weighted by atomic mass is 9.98. The van der Waals surface area contributed by atoms with E-state index in [1.807, 2.05) is 55.5 Å². The maximum Gasteiger partial charge on any atom is 0.323 e. The van der Waals surface area contributed by atoms with Crippen LogP contribution in [0.2, 0.25) is 0 Å². The fourth-order valence-electron chi connectivity index (χ4n) is 3.29. The maximum absolute atomic E-state index is 12.3. The third-order valence-corrected chi connectivity index (χ3v) is 4.61. The van der Waals surface area contributed by atoms with E-state index in [0.717, 1.165) is 42.5 Å². The van der Waals surface area contributed by atoms with Gasteiger partial charge in [-0.15, -0.1) is 0 Å². The van der Waals surface area contributed by atoms with Crippen molar-refractivity contribution in [3.63, 3.8) is 0 Å². The van der Waals surface area contributed by atoms with Gasteiger partial charge in [-0.2, -0.15) is 0 Å². The SMILES string of the molecule is Cc1ccnc(N2CCc3c(cccc3NC(=O)Nc3ccccc3)C2)n1. The van der Waals surface area contributed by atoms with Gasteiger partial charge in [0.05, 0.1) is 0 Å². The van der Waals surface area contributed by atoms with Crippen molar-refractivity contribution in [3.05, 3.63) is 77.6 Å². The Morgan fingerprint density at radius 2 is 1.89 bits per heavy atom. The molecule has 2 amide bonds. The number of nitrogens with zero attached hydrogens (tertiary/aromatic N) is 3. The van der Waals surface area contributed by atoms with Crippen LogP contribution in [0.1, 0.15) is 16.8 Å². The van der Waals surface area contributed by atoms with Gasteiger partial charge < -0.3 is 15.5 Å². The highest BCUT2D eigenvalue weighted by Crippen LogP contribution is 2.28. The molecular weight excluding hydrogens is 338 g/mol. The Morgan fingerprint density at radius 1 is 1.04 bits per heavy atom. The number of rotatable bonds is 3. The standard InChI is InChI=1S/C21H21N5O/c1-15-10-12-22-20(23-15)26-13-11-18-16(14-26)6-5-9-19(18)25-21(27)24-17-7-3-2-4-8-17/h2-10,12H,11,13-14H2,1H3,(H2,24,25,27). The second-order valence-electron chi connectivity index (χ2n) is 6.56. The molecule has 0 spiro atoms. The first-order valence-corrected chi connectivity index (χ1v) is 8.97. The summed E-state index contributed by atoms with van der Waals surface area (Å²) in [5.41, 5.74) is 4.93. The molecule has 0 bridgehead atoms. The van der Waals surface area contributed by atoms with Gasteiger partial charge in [0.2, 0.25) is 5.95 Å². The maximum atomic E-state index is 12.3. The molecule has 0 saturated heterocycles. The summed E-state index contributed by atoms with van der Waals surface area (Å²) in [4.78, 5) is 23.4. The summed E-state index contributed by atoms with van der Waals surface area (Å²) in [6, 6.07) is 17.1. The van der Waals surface area contributed by atoms with Gasteiger partial charge in [0.15, 0.2) is 0 Å². The van der Waals surface area contributed by atoms with Crippen molar-refractivity contribution in [3.8, 4) is 0 Å². The molecule has 0 radical (unpaired) electrons. The zero-order valence-corrected chi connectivity index (χ0v) is 15.1. The smallest absolute Gasteiger partial charge is 0.323 e. The topological polar surface area (TPSA) is 70.2 Å². The number of carbonyl (C=O) groups is 1. The predicted octanol–water partition coefficient (Wildman–Crippen LogP) is 3.99. The highest BCUT2D eigenvalue weighted by atomic mass is 16.2. The van der Waals surface area contributed by atoms with Gasteiger partial charge in [-0.3, -0.25) is 0 Å². The van der Waals surface area contributed by atoms with Gasteiger partial charge in [0.25, 0.3) is 0 Å². The van der Waals surface area contributed by atoms with Crippen LogP contribution in [0.5, 0.6) is 0 Å². The molecule has 2 heterocycles. The quantitative estimate of drug-likeness (QED) is 0.742. The third kappa shape index (κ3) is 3.89. The number of benzene rings is 2. The minimum Gasteiger partial charge on any atom is -0.336 e. The number of carbonyl (C=O) groups excluding carboxylic acids is 1. The van der Waals surface area contributed by atoms with Crippen LogP contribution in [0.25, 0.3) is 0 Å². The van der Waals surface area contributed by atoms with Crippen LogP contribution in [0, 0.1) is 6.92 Å². The van der Waals surface area contributed by atoms with Gasteiger partial charge in [-0.05, 0) is 48.7 Å². The predicted molar refractivity (Wildman–Crippen MR) is 107 cm³/mol. The van der Waals surface area contributed by atoms with Crippen molar-refractivity contribution < 1.29 is 4.79 Å². The molecule has 136 valence electrons. The van der Waals surface area contributed by atoms with Crippen molar-refractivity contribution in [2.45, 2.75) is 19.9 Å². The van der Waals surface area contributed by atoms with Crippen molar-refractivity contribution in [1.82, 2.24) is 9.97 Å². The summed E-state index contributed by atoms with van der Waals surface area (Å²) >= 11 is 0. The number of aromatic nitrogens is 2. The van der Waals surface area contributed by atoms with Crippen molar-refractivity contribution in [2.24, 2.45) is 0 Å². The number of aryl methyl sites for hydroxylation is 1. The summed E-state index contributed by atoms with van der Waals surface area (Å²) in [7, 11) is 0. The fourth-order valence-corrected chi connectivity index (χ4v) is 3.29. The van der Waals surface area contributed by atoms with E-state index >= 15 is 0 Å². The summed E-state index contributed by atoms with van der Waals surface area (Å²) in [5, 5.41) is 5.84. The van der Waals surface area contributed by atoms with Gasteiger partial charge >= 0.3 is 6.03 Å². The number of hydrogen-bond acceptors (Lipinski definition) is 4. The second kappa shape index (κ2) is 7.45. The van der Waals surface area contributed by atoms with Gasteiger partial charge in [0, 0.05) is 36.4 Å². The molecule has 0 saturated carbocycles. The number of urea groups is 1. The Labute approximate surface area is 158 Å². The van der Waals surface area contributed by atoms with E-state index < -0.39 is 0 Å². The van der Waals surface area contributed by atoms with Crippen LogP contribution in [0.15, 0.2) is 60.8 Å². The monoisotopic (exact) mass is 359 g/mol. The Hall–Kier alpha value is -3.41. The molecule has 0 aliphatic carbocycles. The van der Waals surface area contributed by atoms with Gasteiger partial charge in [-0.25, -0.2) is 14.8 Å². The molecular formula is C21H21N5O. The molecule has 4 rings (SSSR count). The van der Waals surface area contributed by atoms with Crippen LogP contribution in [0.4, 0.5) is 22.1 Å². The largest absolute Gasteiger partial charge is 0.336 e. The fraction of sp³-hybridized carbons (Fsp3) is 0.190. The van der Waals surface area contributed by atoms with Crippen LogP contribution in [-0.2, 0) is 13.0 Å². The average molecular weight is 359 g/mol. The van der Waals surface area contributed by atoms with Gasteiger partial charge in [-0.1, -0.05) is 30.3 Å². The summed E-state index contributed by atoms with van der Waals surface area (Å²) in [5.74, 6) is 0.751. The first kappa shape index (κ1) is 17.0. The number of hydrogen-bond donors (Lipinski definition) is 2. The van der Waals surface area contributed by atoms with Crippen LogP contribution in [-0.4, -0.2) is 22.5 Å². The molecule has 1 aliphatic heterocycles. The Balaban J connectivity index is 1.49. The number of nitrogens with one attached hydrogen (secondary N) is 2. The third-order valence-electron chi connectivity index (χ3n) is 4.61. The number of amides is 2. The van der Waals surface area contributed by atoms with E-state index in [2.05, 4.69) is 31.6 Å². The lowest BCUT2D eigenvalue weighted by molar-refractivity contribution is 0.262. The molecule has 0 unspecified atom stereocenters. The number of fused-ring (bicyclic) bond motifs is 1. The van der Waals surface area contributed by atoms with E-state index in [4.69, 9.17) is 0 Å². The van der Waals surface area contributed by atoms with Crippen LogP contribution in [0.3, 0.4) is 0 Å². The van der Waals surface area contributed by atoms with E-state index in [0.29, 0.717) is 0 Å². The lowest BCUT2D eigenvalue weighted by Gasteiger charge is -2.30. The second-order valence-corrected chi connectivity index (χ2v) is 6.56. The Morgan fingerprint density at radius 3 is 2.70 bits per heavy atom. The highest BCUT2D eigenvalue weighted by molar-refractivity contribution is 6.00. The molecule has 0 fully saturated rings. The molecule has 6 nitrogen and oxygen atoms in total. The van der Waals surface area contributed by atoms with Crippen molar-refractivity contribution in [1.29, 1.82) is 0 Å². The van der Waals surface area contributed by atoms with Gasteiger partial charge in [0.1, 0.15) is 0 Å². The minimum atomic E-state index is -0.237. The average Bonchev–Trinajstić information content (AvgIpc) is 2.68. The van der Waals surface area contributed by atoms with Crippen molar-refractivity contribution >= 4 is 23.4 Å². The normalized spacial score (nSPS) is 13.0. The van der Waals surface area contributed by atoms with E-state index in [1.165, 1.54) is 11.1 Å². The summed E-state index contributed by atoms with van der Waals surface area (Å²) in [6.45, 7) is 3.51. The summed E-state index contributed by atoms with van der Waals surface area (Å²) < 4.78 is 0. The van der Waals surface area contributed by atoms with E-state index in [9.17, 15) is 4.79 Å². The molecule has 3 aromatic rings. The molecule has 6 heteroatoms. The molecule has 1 aromatic heterocycles. The van der Waals surface area contributed by atoms with Crippen LogP contribution >= 0.6 is 0 Å². The van der Waals surface area contributed by atoms with E-state index in [-0.39, 0.29) is 6.03 Å². The molecule has 0 atom stereocenters. The number of anilines is 3. The first-order valence-electron chi connectivity index (χ1n) is 8.97. The summed E-state index contributed by atoms with van der Waals surface area (Å²) in [6.07, 6.45) is 2.62. The first-order chi connectivity index (χ1) is 13.2. The highest BCUT2D eigenvalue weighted by Gasteiger charge is 2.21. The zero-order valence-electron chi connectivity index (χ0n) is 15.1. The Kier molecular flexibility index (Phi) is 4.70.